The van der Waals surface area contributed by atoms with Gasteiger partial charge in [0, 0.05) is 5.69 Å². The summed E-state index contributed by atoms with van der Waals surface area (Å²) in [5, 5.41) is 3.23. The third-order valence-corrected chi connectivity index (χ3v) is 4.69. The molecule has 3 N–H and O–H groups in total. The minimum atomic E-state index is 0. The van der Waals surface area contributed by atoms with E-state index in [9.17, 15) is 0 Å². The average Bonchev–Trinajstić information content (AvgIpc) is 3.09. The molecular formula is C21H29IN4. The number of nitrogens with one attached hydrogen (secondary N) is 1. The second-order valence-electron chi connectivity index (χ2n) is 6.90. The van der Waals surface area contributed by atoms with Gasteiger partial charge in [-0.1, -0.05) is 36.4 Å². The van der Waals surface area contributed by atoms with Crippen molar-refractivity contribution >= 4 is 35.6 Å². The molecule has 1 atom stereocenters. The molecule has 1 aliphatic rings. The van der Waals surface area contributed by atoms with Crippen molar-refractivity contribution in [2.75, 3.05) is 25.0 Å². The highest BCUT2D eigenvalue weighted by Gasteiger charge is 2.23. The van der Waals surface area contributed by atoms with Crippen LogP contribution in [0.15, 0.2) is 53.5 Å². The summed E-state index contributed by atoms with van der Waals surface area (Å²) < 4.78 is 0. The van der Waals surface area contributed by atoms with Crippen LogP contribution in [-0.2, 0) is 0 Å². The van der Waals surface area contributed by atoms with E-state index >= 15 is 0 Å². The number of nitrogens with zero attached hydrogens (tertiary/aromatic N) is 2. The summed E-state index contributed by atoms with van der Waals surface area (Å²) in [5.41, 5.74) is 10.9. The number of likely N-dealkylation sites (tertiary alicyclic amines) is 1. The van der Waals surface area contributed by atoms with Gasteiger partial charge in [0.25, 0.3) is 0 Å². The van der Waals surface area contributed by atoms with Crippen LogP contribution < -0.4 is 11.1 Å². The third kappa shape index (κ3) is 5.71. The molecule has 1 fully saturated rings. The zero-order valence-corrected chi connectivity index (χ0v) is 17.9. The number of anilines is 1. The standard InChI is InChI=1S/C21H28N4.HI/c1-16-12-17(2)14-19(13-16)24-21(22)23-15-20(25-10-6-7-11-25)18-8-4-3-5-9-18;/h3-5,8-9,12-14,20H,6-7,10-11,15H2,1-2H3,(H3,22,23,24);1H. The van der Waals surface area contributed by atoms with Crippen LogP contribution in [-0.4, -0.2) is 30.5 Å². The first-order valence-electron chi connectivity index (χ1n) is 9.06. The Labute approximate surface area is 173 Å². The van der Waals surface area contributed by atoms with Gasteiger partial charge in [-0.25, -0.2) is 0 Å². The molecule has 2 aromatic rings. The van der Waals surface area contributed by atoms with Gasteiger partial charge >= 0.3 is 0 Å². The van der Waals surface area contributed by atoms with E-state index in [-0.39, 0.29) is 24.0 Å². The molecule has 0 radical (unpaired) electrons. The van der Waals surface area contributed by atoms with Gasteiger partial charge in [-0.3, -0.25) is 9.89 Å². The van der Waals surface area contributed by atoms with Crippen molar-refractivity contribution in [3.63, 3.8) is 0 Å². The Morgan fingerprint density at radius 1 is 1.08 bits per heavy atom. The van der Waals surface area contributed by atoms with Gasteiger partial charge in [0.15, 0.2) is 5.96 Å². The van der Waals surface area contributed by atoms with E-state index in [1.54, 1.807) is 0 Å². The second kappa shape index (κ2) is 9.92. The molecular weight excluding hydrogens is 435 g/mol. The summed E-state index contributed by atoms with van der Waals surface area (Å²) >= 11 is 0. The maximum absolute atomic E-state index is 6.15. The fourth-order valence-electron chi connectivity index (χ4n) is 3.58. The van der Waals surface area contributed by atoms with Gasteiger partial charge in [0.05, 0.1) is 12.6 Å². The lowest BCUT2D eigenvalue weighted by atomic mass is 10.1. The van der Waals surface area contributed by atoms with Crippen molar-refractivity contribution < 1.29 is 0 Å². The average molecular weight is 464 g/mol. The van der Waals surface area contributed by atoms with E-state index in [1.165, 1.54) is 29.5 Å². The van der Waals surface area contributed by atoms with Crippen LogP contribution in [0.2, 0.25) is 0 Å². The second-order valence-corrected chi connectivity index (χ2v) is 6.90. The number of benzene rings is 2. The minimum absolute atomic E-state index is 0. The van der Waals surface area contributed by atoms with Gasteiger partial charge in [-0.05, 0) is 68.6 Å². The SMILES string of the molecule is Cc1cc(C)cc(NC(N)=NCC(c2ccccc2)N2CCCC2)c1.I. The number of aryl methyl sites for hydroxylation is 2. The molecule has 1 aliphatic heterocycles. The Hall–Kier alpha value is -1.60. The molecule has 140 valence electrons. The molecule has 0 bridgehead atoms. The molecule has 1 saturated heterocycles. The van der Waals surface area contributed by atoms with Crippen LogP contribution in [0.25, 0.3) is 0 Å². The smallest absolute Gasteiger partial charge is 0.193 e. The number of hydrogen-bond donors (Lipinski definition) is 2. The minimum Gasteiger partial charge on any atom is -0.370 e. The lowest BCUT2D eigenvalue weighted by molar-refractivity contribution is 0.252. The zero-order valence-electron chi connectivity index (χ0n) is 15.6. The summed E-state index contributed by atoms with van der Waals surface area (Å²) in [6.45, 7) is 7.13. The van der Waals surface area contributed by atoms with Crippen LogP contribution >= 0.6 is 24.0 Å². The van der Waals surface area contributed by atoms with Crippen molar-refractivity contribution in [3.8, 4) is 0 Å². The highest BCUT2D eigenvalue weighted by Crippen LogP contribution is 2.25. The number of rotatable bonds is 5. The lowest BCUT2D eigenvalue weighted by Gasteiger charge is -2.26. The quantitative estimate of drug-likeness (QED) is 0.390. The largest absolute Gasteiger partial charge is 0.370 e. The first kappa shape index (κ1) is 20.7. The summed E-state index contributed by atoms with van der Waals surface area (Å²) in [4.78, 5) is 7.16. The molecule has 0 spiro atoms. The summed E-state index contributed by atoms with van der Waals surface area (Å²) in [5.74, 6) is 0.477. The molecule has 4 nitrogen and oxygen atoms in total. The van der Waals surface area contributed by atoms with E-state index in [0.29, 0.717) is 18.5 Å². The Bertz CT molecular complexity index is 704. The van der Waals surface area contributed by atoms with Crippen LogP contribution in [0.1, 0.15) is 35.6 Å². The van der Waals surface area contributed by atoms with E-state index in [0.717, 1.165) is 18.8 Å². The number of aliphatic imine (C=N–C) groups is 1. The topological polar surface area (TPSA) is 53.6 Å². The lowest BCUT2D eigenvalue weighted by Crippen LogP contribution is -2.30. The van der Waals surface area contributed by atoms with Crippen LogP contribution in [0.3, 0.4) is 0 Å². The maximum Gasteiger partial charge on any atom is 0.193 e. The Kier molecular flexibility index (Phi) is 7.90. The number of halogens is 1. The molecule has 2 aromatic carbocycles. The van der Waals surface area contributed by atoms with Crippen LogP contribution in [0.4, 0.5) is 5.69 Å². The molecule has 1 heterocycles. The van der Waals surface area contributed by atoms with Gasteiger partial charge < -0.3 is 11.1 Å². The predicted octanol–water partition coefficient (Wildman–Crippen LogP) is 4.49. The monoisotopic (exact) mass is 464 g/mol. The Balaban J connectivity index is 0.00000243. The molecule has 0 saturated carbocycles. The summed E-state index contributed by atoms with van der Waals surface area (Å²) in [6, 6.07) is 17.2. The Morgan fingerprint density at radius 2 is 1.69 bits per heavy atom. The van der Waals surface area contributed by atoms with Crippen LogP contribution in [0, 0.1) is 13.8 Å². The fourth-order valence-corrected chi connectivity index (χ4v) is 3.58. The molecule has 26 heavy (non-hydrogen) atoms. The normalized spacial score (nSPS) is 16.2. The molecule has 5 heteroatoms. The molecule has 0 amide bonds. The molecule has 0 aliphatic carbocycles. The van der Waals surface area contributed by atoms with Gasteiger partial charge in [-0.15, -0.1) is 24.0 Å². The first-order valence-corrected chi connectivity index (χ1v) is 9.06. The summed E-state index contributed by atoms with van der Waals surface area (Å²) in [7, 11) is 0. The van der Waals surface area contributed by atoms with Gasteiger partial charge in [0.2, 0.25) is 0 Å². The zero-order chi connectivity index (χ0) is 17.6. The Morgan fingerprint density at radius 3 is 2.31 bits per heavy atom. The predicted molar refractivity (Wildman–Crippen MR) is 121 cm³/mol. The van der Waals surface area contributed by atoms with Crippen molar-refractivity contribution in [1.29, 1.82) is 0 Å². The van der Waals surface area contributed by atoms with E-state index in [4.69, 9.17) is 5.73 Å². The van der Waals surface area contributed by atoms with Gasteiger partial charge in [0.1, 0.15) is 0 Å². The number of hydrogen-bond acceptors (Lipinski definition) is 2. The first-order chi connectivity index (χ1) is 12.1. The van der Waals surface area contributed by atoms with Crippen molar-refractivity contribution in [2.24, 2.45) is 10.7 Å². The third-order valence-electron chi connectivity index (χ3n) is 4.69. The maximum atomic E-state index is 6.15. The highest BCUT2D eigenvalue weighted by atomic mass is 127. The van der Waals surface area contributed by atoms with E-state index in [2.05, 4.69) is 77.6 Å². The highest BCUT2D eigenvalue weighted by molar-refractivity contribution is 14.0. The molecule has 1 unspecified atom stereocenters. The van der Waals surface area contributed by atoms with Gasteiger partial charge in [-0.2, -0.15) is 0 Å². The van der Waals surface area contributed by atoms with Crippen molar-refractivity contribution in [1.82, 2.24) is 4.90 Å². The molecule has 0 aromatic heterocycles. The van der Waals surface area contributed by atoms with E-state index in [1.807, 2.05) is 0 Å². The van der Waals surface area contributed by atoms with Crippen molar-refractivity contribution in [2.45, 2.75) is 32.7 Å². The van der Waals surface area contributed by atoms with E-state index < -0.39 is 0 Å². The number of guanidine groups is 1. The summed E-state index contributed by atoms with van der Waals surface area (Å²) in [6.07, 6.45) is 2.53. The van der Waals surface area contributed by atoms with Crippen LogP contribution in [0.5, 0.6) is 0 Å². The molecule has 3 rings (SSSR count). The number of nitrogens with two attached hydrogens (primary N) is 1. The fraction of sp³-hybridized carbons (Fsp3) is 0.381. The van der Waals surface area contributed by atoms with Crippen molar-refractivity contribution in [3.05, 3.63) is 65.2 Å².